The maximum absolute atomic E-state index is 12.2. The Balaban J connectivity index is 1.52. The lowest BCUT2D eigenvalue weighted by Gasteiger charge is -2.06. The molecular formula is C24H22N2O5. The number of methoxy groups -OCH3 is 1. The normalized spacial score (nSPS) is 10.6. The van der Waals surface area contributed by atoms with Crippen molar-refractivity contribution in [3.63, 3.8) is 0 Å². The van der Waals surface area contributed by atoms with E-state index in [9.17, 15) is 9.59 Å². The van der Waals surface area contributed by atoms with Crippen molar-refractivity contribution < 1.29 is 23.8 Å². The van der Waals surface area contributed by atoms with E-state index in [1.54, 1.807) is 79.9 Å². The smallest absolute Gasteiger partial charge is 0.343 e. The lowest BCUT2D eigenvalue weighted by molar-refractivity contribution is -0.138. The Morgan fingerprint density at radius 2 is 1.48 bits per heavy atom. The van der Waals surface area contributed by atoms with Gasteiger partial charge in [-0.3, -0.25) is 0 Å². The van der Waals surface area contributed by atoms with E-state index in [0.717, 1.165) is 5.56 Å². The van der Waals surface area contributed by atoms with E-state index in [2.05, 4.69) is 0 Å². The van der Waals surface area contributed by atoms with Crippen LogP contribution in [0.15, 0.2) is 72.8 Å². The van der Waals surface area contributed by atoms with Crippen LogP contribution in [0.25, 0.3) is 6.08 Å². The molecule has 0 atom stereocenters. The number of hydrogen-bond donors (Lipinski definition) is 2. The first-order valence-corrected chi connectivity index (χ1v) is 9.39. The molecule has 3 aromatic carbocycles. The van der Waals surface area contributed by atoms with Crippen molar-refractivity contribution in [2.24, 2.45) is 0 Å². The first-order valence-electron chi connectivity index (χ1n) is 9.39. The van der Waals surface area contributed by atoms with Crippen LogP contribution in [0.2, 0.25) is 0 Å². The predicted molar refractivity (Wildman–Crippen MR) is 118 cm³/mol. The fraction of sp³-hybridized carbons (Fsp3) is 0.0833. The van der Waals surface area contributed by atoms with E-state index in [1.807, 2.05) is 0 Å². The second kappa shape index (κ2) is 9.98. The summed E-state index contributed by atoms with van der Waals surface area (Å²) in [7, 11) is 1.55. The van der Waals surface area contributed by atoms with E-state index >= 15 is 0 Å². The molecule has 0 amide bonds. The Bertz CT molecular complexity index is 1070. The average molecular weight is 418 g/mol. The average Bonchev–Trinajstić information content (AvgIpc) is 2.76. The fourth-order valence-electron chi connectivity index (χ4n) is 2.74. The molecule has 0 fully saturated rings. The summed E-state index contributed by atoms with van der Waals surface area (Å²) < 4.78 is 15.6. The van der Waals surface area contributed by atoms with Crippen LogP contribution in [0.3, 0.4) is 0 Å². The summed E-state index contributed by atoms with van der Waals surface area (Å²) in [5.41, 5.74) is 14.3. The highest BCUT2D eigenvalue weighted by Crippen LogP contribution is 2.18. The summed E-state index contributed by atoms with van der Waals surface area (Å²) in [6.07, 6.45) is 2.92. The summed E-state index contributed by atoms with van der Waals surface area (Å²) in [4.78, 5) is 24.1. The lowest BCUT2D eigenvalue weighted by Crippen LogP contribution is -2.08. The predicted octanol–water partition coefficient (Wildman–Crippen LogP) is 3.84. The number of hydrogen-bond acceptors (Lipinski definition) is 7. The topological polar surface area (TPSA) is 114 Å². The van der Waals surface area contributed by atoms with Crippen LogP contribution >= 0.6 is 0 Å². The molecule has 0 saturated carbocycles. The second-order valence-electron chi connectivity index (χ2n) is 6.64. The first kappa shape index (κ1) is 21.4. The number of rotatable bonds is 7. The molecule has 3 aromatic rings. The van der Waals surface area contributed by atoms with Gasteiger partial charge in [0.15, 0.2) is 0 Å². The van der Waals surface area contributed by atoms with E-state index in [0.29, 0.717) is 34.0 Å². The molecule has 0 saturated heterocycles. The van der Waals surface area contributed by atoms with Gasteiger partial charge in [-0.15, -0.1) is 0 Å². The third kappa shape index (κ3) is 6.37. The summed E-state index contributed by atoms with van der Waals surface area (Å²) in [5, 5.41) is 0. The molecule has 0 unspecified atom stereocenters. The number of benzene rings is 3. The van der Waals surface area contributed by atoms with Crippen molar-refractivity contribution in [2.75, 3.05) is 18.6 Å². The maximum atomic E-state index is 12.2. The van der Waals surface area contributed by atoms with Gasteiger partial charge in [-0.1, -0.05) is 12.1 Å². The molecule has 4 N–H and O–H groups in total. The van der Waals surface area contributed by atoms with Crippen molar-refractivity contribution in [3.05, 3.63) is 89.5 Å². The van der Waals surface area contributed by atoms with Crippen molar-refractivity contribution in [3.8, 4) is 11.5 Å². The zero-order chi connectivity index (χ0) is 22.2. The van der Waals surface area contributed by atoms with Gasteiger partial charge in [0.1, 0.15) is 18.1 Å². The Kier molecular flexibility index (Phi) is 6.90. The third-order valence-electron chi connectivity index (χ3n) is 4.25. The minimum Gasteiger partial charge on any atom is -0.497 e. The van der Waals surface area contributed by atoms with Crippen LogP contribution < -0.4 is 20.9 Å². The molecule has 0 bridgehead atoms. The van der Waals surface area contributed by atoms with Crippen molar-refractivity contribution in [1.29, 1.82) is 0 Å². The standard InChI is InChI=1S/C24H22N2O5/c1-29-21-9-5-18(6-10-21)24(28)31-22-7-2-16(3-8-22)4-11-23(27)30-15-17-12-19(25)14-20(26)13-17/h2-14H,15,25-26H2,1H3/b11-4+. The number of carbonyl (C=O) groups is 2. The van der Waals surface area contributed by atoms with E-state index in [4.69, 9.17) is 25.7 Å². The summed E-state index contributed by atoms with van der Waals surface area (Å²) in [5.74, 6) is 0.0655. The summed E-state index contributed by atoms with van der Waals surface area (Å²) in [6, 6.07) is 18.4. The molecule has 3 rings (SSSR count). The monoisotopic (exact) mass is 418 g/mol. The fourth-order valence-corrected chi connectivity index (χ4v) is 2.74. The van der Waals surface area contributed by atoms with Crippen LogP contribution in [0.4, 0.5) is 11.4 Å². The molecule has 0 aliphatic rings. The Labute approximate surface area is 179 Å². The van der Waals surface area contributed by atoms with Crippen molar-refractivity contribution in [2.45, 2.75) is 6.61 Å². The highest BCUT2D eigenvalue weighted by molar-refractivity contribution is 5.91. The zero-order valence-electron chi connectivity index (χ0n) is 16.9. The highest BCUT2D eigenvalue weighted by atomic mass is 16.5. The molecule has 0 spiro atoms. The molecule has 0 aromatic heterocycles. The number of nitrogens with two attached hydrogens (primary N) is 2. The van der Waals surface area contributed by atoms with Crippen LogP contribution in [0, 0.1) is 0 Å². The van der Waals surface area contributed by atoms with Crippen molar-refractivity contribution in [1.82, 2.24) is 0 Å². The molecule has 158 valence electrons. The Morgan fingerprint density at radius 3 is 2.10 bits per heavy atom. The van der Waals surface area contributed by atoms with Crippen LogP contribution in [-0.2, 0) is 16.1 Å². The number of ether oxygens (including phenoxy) is 3. The van der Waals surface area contributed by atoms with E-state index in [1.165, 1.54) is 6.08 Å². The number of nitrogen functional groups attached to an aromatic ring is 2. The molecule has 0 aliphatic carbocycles. The third-order valence-corrected chi connectivity index (χ3v) is 4.25. The molecule has 0 heterocycles. The van der Waals surface area contributed by atoms with Gasteiger partial charge < -0.3 is 25.7 Å². The van der Waals surface area contributed by atoms with Gasteiger partial charge in [0.2, 0.25) is 0 Å². The number of carbonyl (C=O) groups excluding carboxylic acids is 2. The van der Waals surface area contributed by atoms with Crippen LogP contribution in [0.1, 0.15) is 21.5 Å². The molecule has 0 radical (unpaired) electrons. The molecule has 7 heteroatoms. The van der Waals surface area contributed by atoms with Crippen LogP contribution in [-0.4, -0.2) is 19.0 Å². The van der Waals surface area contributed by atoms with Gasteiger partial charge in [-0.25, -0.2) is 9.59 Å². The quantitative estimate of drug-likeness (QED) is 0.259. The SMILES string of the molecule is COc1ccc(C(=O)Oc2ccc(/C=C/C(=O)OCc3cc(N)cc(N)c3)cc2)cc1. The molecule has 31 heavy (non-hydrogen) atoms. The van der Waals surface area contributed by atoms with Crippen LogP contribution in [0.5, 0.6) is 11.5 Å². The first-order chi connectivity index (χ1) is 14.9. The van der Waals surface area contributed by atoms with Gasteiger partial charge in [0, 0.05) is 17.5 Å². The number of anilines is 2. The molecular weight excluding hydrogens is 396 g/mol. The largest absolute Gasteiger partial charge is 0.497 e. The lowest BCUT2D eigenvalue weighted by atomic mass is 10.2. The maximum Gasteiger partial charge on any atom is 0.343 e. The van der Waals surface area contributed by atoms with Gasteiger partial charge in [0.05, 0.1) is 12.7 Å². The van der Waals surface area contributed by atoms with Gasteiger partial charge in [0.25, 0.3) is 0 Å². The van der Waals surface area contributed by atoms with E-state index < -0.39 is 11.9 Å². The summed E-state index contributed by atoms with van der Waals surface area (Å²) in [6.45, 7) is 0.0681. The second-order valence-corrected chi connectivity index (χ2v) is 6.64. The molecule has 0 aliphatic heterocycles. The Hall–Kier alpha value is -4.26. The number of esters is 2. The highest BCUT2D eigenvalue weighted by Gasteiger charge is 2.08. The Morgan fingerprint density at radius 1 is 0.871 bits per heavy atom. The van der Waals surface area contributed by atoms with Gasteiger partial charge >= 0.3 is 11.9 Å². The van der Waals surface area contributed by atoms with Gasteiger partial charge in [-0.05, 0) is 71.8 Å². The summed E-state index contributed by atoms with van der Waals surface area (Å²) >= 11 is 0. The van der Waals surface area contributed by atoms with Crippen molar-refractivity contribution >= 4 is 29.4 Å². The minimum absolute atomic E-state index is 0.0681. The van der Waals surface area contributed by atoms with Gasteiger partial charge in [-0.2, -0.15) is 0 Å². The zero-order valence-corrected chi connectivity index (χ0v) is 16.9. The minimum atomic E-state index is -0.504. The van der Waals surface area contributed by atoms with E-state index in [-0.39, 0.29) is 6.61 Å². The molecule has 7 nitrogen and oxygen atoms in total.